The fraction of sp³-hybridized carbons (Fsp3) is 0.933. The molecular weight excluding hydrogens is 238 g/mol. The molecule has 19 heavy (non-hydrogen) atoms. The second-order valence-corrected chi connectivity index (χ2v) is 4.88. The van der Waals surface area contributed by atoms with E-state index in [0.717, 1.165) is 51.0 Å². The van der Waals surface area contributed by atoms with Crippen molar-refractivity contribution in [3.8, 4) is 0 Å². The monoisotopic (exact) mass is 271 g/mol. The molecule has 0 heterocycles. The van der Waals surface area contributed by atoms with Crippen molar-refractivity contribution in [2.75, 3.05) is 33.4 Å². The van der Waals surface area contributed by atoms with Crippen LogP contribution in [0.4, 0.5) is 0 Å². The molecule has 0 amide bonds. The van der Waals surface area contributed by atoms with E-state index in [1.807, 2.05) is 7.05 Å². The summed E-state index contributed by atoms with van der Waals surface area (Å²) in [6.07, 6.45) is 5.81. The highest BCUT2D eigenvalue weighted by Crippen LogP contribution is 2.04. The van der Waals surface area contributed by atoms with Crippen LogP contribution >= 0.6 is 0 Å². The Hall–Kier alpha value is -0.770. The minimum atomic E-state index is 0.732. The molecule has 0 bridgehead atoms. The number of nitrogens with one attached hydrogen (secondary N) is 2. The first kappa shape index (κ1) is 18.2. The third-order valence-corrected chi connectivity index (χ3v) is 3.34. The molecule has 0 aliphatic heterocycles. The van der Waals surface area contributed by atoms with Crippen molar-refractivity contribution in [2.24, 2.45) is 10.9 Å². The standard InChI is InChI=1S/C15H33N3O/c1-5-8-11-19-12-9-10-17-15(16-4)18-13-14(6-2)7-3/h14H,5-13H2,1-4H3,(H2,16,17,18). The van der Waals surface area contributed by atoms with Crippen LogP contribution in [0.1, 0.15) is 52.9 Å². The minimum Gasteiger partial charge on any atom is -0.381 e. The van der Waals surface area contributed by atoms with E-state index in [-0.39, 0.29) is 0 Å². The van der Waals surface area contributed by atoms with Crippen LogP contribution in [0, 0.1) is 5.92 Å². The molecule has 0 aliphatic rings. The normalized spacial score (nSPS) is 11.9. The lowest BCUT2D eigenvalue weighted by Crippen LogP contribution is -2.40. The molecule has 0 spiro atoms. The smallest absolute Gasteiger partial charge is 0.190 e. The van der Waals surface area contributed by atoms with Gasteiger partial charge in [0, 0.05) is 33.4 Å². The lowest BCUT2D eigenvalue weighted by molar-refractivity contribution is 0.129. The molecule has 0 radical (unpaired) electrons. The van der Waals surface area contributed by atoms with Crippen LogP contribution < -0.4 is 10.6 Å². The number of aliphatic imine (C=N–C) groups is 1. The Kier molecular flexibility index (Phi) is 13.1. The molecular formula is C15H33N3O. The van der Waals surface area contributed by atoms with Crippen molar-refractivity contribution in [1.29, 1.82) is 0 Å². The lowest BCUT2D eigenvalue weighted by Gasteiger charge is -2.16. The lowest BCUT2D eigenvalue weighted by atomic mass is 10.0. The number of guanidine groups is 1. The summed E-state index contributed by atoms with van der Waals surface area (Å²) in [5, 5.41) is 6.70. The van der Waals surface area contributed by atoms with Gasteiger partial charge in [-0.1, -0.05) is 40.0 Å². The van der Waals surface area contributed by atoms with E-state index in [2.05, 4.69) is 36.4 Å². The third-order valence-electron chi connectivity index (χ3n) is 3.34. The van der Waals surface area contributed by atoms with E-state index in [9.17, 15) is 0 Å². The summed E-state index contributed by atoms with van der Waals surface area (Å²) in [5.41, 5.74) is 0. The second-order valence-electron chi connectivity index (χ2n) is 4.88. The highest BCUT2D eigenvalue weighted by atomic mass is 16.5. The molecule has 0 rings (SSSR count). The van der Waals surface area contributed by atoms with Crippen molar-refractivity contribution in [3.63, 3.8) is 0 Å². The van der Waals surface area contributed by atoms with Crippen LogP contribution in [0.15, 0.2) is 4.99 Å². The summed E-state index contributed by atoms with van der Waals surface area (Å²) in [4.78, 5) is 4.23. The SMILES string of the molecule is CCCCOCCCNC(=NC)NCC(CC)CC. The zero-order chi connectivity index (χ0) is 14.3. The Morgan fingerprint density at radius 3 is 2.32 bits per heavy atom. The molecule has 0 aromatic rings. The largest absolute Gasteiger partial charge is 0.381 e. The molecule has 0 saturated carbocycles. The van der Waals surface area contributed by atoms with E-state index in [1.54, 1.807) is 0 Å². The summed E-state index contributed by atoms with van der Waals surface area (Å²) >= 11 is 0. The van der Waals surface area contributed by atoms with Gasteiger partial charge in [0.2, 0.25) is 0 Å². The van der Waals surface area contributed by atoms with Crippen LogP contribution in [0.2, 0.25) is 0 Å². The Morgan fingerprint density at radius 1 is 1.05 bits per heavy atom. The summed E-state index contributed by atoms with van der Waals surface area (Å²) in [6, 6.07) is 0. The maximum Gasteiger partial charge on any atom is 0.190 e. The molecule has 114 valence electrons. The zero-order valence-electron chi connectivity index (χ0n) is 13.3. The number of nitrogens with zero attached hydrogens (tertiary/aromatic N) is 1. The number of hydrogen-bond donors (Lipinski definition) is 2. The van der Waals surface area contributed by atoms with E-state index >= 15 is 0 Å². The van der Waals surface area contributed by atoms with Crippen LogP contribution in [-0.4, -0.2) is 39.3 Å². The molecule has 4 heteroatoms. The fourth-order valence-electron chi connectivity index (χ4n) is 1.77. The first-order valence-corrected chi connectivity index (χ1v) is 7.80. The average Bonchev–Trinajstić information content (AvgIpc) is 2.45. The van der Waals surface area contributed by atoms with Gasteiger partial charge in [0.1, 0.15) is 0 Å². The van der Waals surface area contributed by atoms with Gasteiger partial charge in [0.05, 0.1) is 0 Å². The highest BCUT2D eigenvalue weighted by molar-refractivity contribution is 5.79. The molecule has 2 N–H and O–H groups in total. The maximum atomic E-state index is 5.52. The minimum absolute atomic E-state index is 0.732. The molecule has 4 nitrogen and oxygen atoms in total. The van der Waals surface area contributed by atoms with Crippen LogP contribution in [0.25, 0.3) is 0 Å². The number of rotatable bonds is 11. The molecule has 0 atom stereocenters. The van der Waals surface area contributed by atoms with Crippen LogP contribution in [-0.2, 0) is 4.74 Å². The van der Waals surface area contributed by atoms with Gasteiger partial charge in [-0.3, -0.25) is 4.99 Å². The highest BCUT2D eigenvalue weighted by Gasteiger charge is 2.04. The quantitative estimate of drug-likeness (QED) is 0.345. The Labute approximate surface area is 119 Å². The maximum absolute atomic E-state index is 5.52. The predicted octanol–water partition coefficient (Wildman–Crippen LogP) is 2.79. The zero-order valence-corrected chi connectivity index (χ0v) is 13.3. The van der Waals surface area contributed by atoms with Crippen molar-refractivity contribution in [1.82, 2.24) is 10.6 Å². The second kappa shape index (κ2) is 13.7. The van der Waals surface area contributed by atoms with Gasteiger partial charge in [-0.05, 0) is 18.8 Å². The van der Waals surface area contributed by atoms with E-state index < -0.39 is 0 Å². The number of unbranched alkanes of at least 4 members (excludes halogenated alkanes) is 1. The summed E-state index contributed by atoms with van der Waals surface area (Å²) < 4.78 is 5.52. The first-order valence-electron chi connectivity index (χ1n) is 7.80. The van der Waals surface area contributed by atoms with Gasteiger partial charge in [-0.15, -0.1) is 0 Å². The first-order chi connectivity index (χ1) is 9.28. The van der Waals surface area contributed by atoms with Crippen molar-refractivity contribution < 1.29 is 4.74 Å². The van der Waals surface area contributed by atoms with E-state index in [0.29, 0.717) is 0 Å². The van der Waals surface area contributed by atoms with Gasteiger partial charge in [-0.2, -0.15) is 0 Å². The Balaban J connectivity index is 3.55. The molecule has 0 unspecified atom stereocenters. The van der Waals surface area contributed by atoms with Crippen LogP contribution in [0.3, 0.4) is 0 Å². The summed E-state index contributed by atoms with van der Waals surface area (Å²) in [7, 11) is 1.82. The van der Waals surface area contributed by atoms with Crippen molar-refractivity contribution in [3.05, 3.63) is 0 Å². The van der Waals surface area contributed by atoms with Gasteiger partial charge in [-0.25, -0.2) is 0 Å². The van der Waals surface area contributed by atoms with Gasteiger partial charge in [0.25, 0.3) is 0 Å². The average molecular weight is 271 g/mol. The van der Waals surface area contributed by atoms with Crippen molar-refractivity contribution in [2.45, 2.75) is 52.9 Å². The van der Waals surface area contributed by atoms with E-state index in [1.165, 1.54) is 19.3 Å². The van der Waals surface area contributed by atoms with Gasteiger partial charge in [0.15, 0.2) is 5.96 Å². The molecule has 0 aromatic heterocycles. The Morgan fingerprint density at radius 2 is 1.74 bits per heavy atom. The molecule has 0 aromatic carbocycles. The van der Waals surface area contributed by atoms with Crippen molar-refractivity contribution >= 4 is 5.96 Å². The Bertz CT molecular complexity index is 215. The van der Waals surface area contributed by atoms with Crippen LogP contribution in [0.5, 0.6) is 0 Å². The molecule has 0 fully saturated rings. The number of ether oxygens (including phenoxy) is 1. The molecule has 0 aliphatic carbocycles. The van der Waals surface area contributed by atoms with Gasteiger partial charge >= 0.3 is 0 Å². The fourth-order valence-corrected chi connectivity index (χ4v) is 1.77. The summed E-state index contributed by atoms with van der Waals surface area (Å²) in [6.45, 7) is 10.3. The molecule has 0 saturated heterocycles. The van der Waals surface area contributed by atoms with Gasteiger partial charge < -0.3 is 15.4 Å². The predicted molar refractivity (Wildman–Crippen MR) is 83.8 cm³/mol. The topological polar surface area (TPSA) is 45.6 Å². The summed E-state index contributed by atoms with van der Waals surface area (Å²) in [5.74, 6) is 1.64. The van der Waals surface area contributed by atoms with E-state index in [4.69, 9.17) is 4.74 Å². The third kappa shape index (κ3) is 10.8. The number of hydrogen-bond acceptors (Lipinski definition) is 2.